The van der Waals surface area contributed by atoms with Gasteiger partial charge in [0.25, 0.3) is 0 Å². The van der Waals surface area contributed by atoms with Crippen LogP contribution in [0.25, 0.3) is 21.9 Å². The average Bonchev–Trinajstić information content (AvgIpc) is 2.75. The Balaban J connectivity index is 1.58. The summed E-state index contributed by atoms with van der Waals surface area (Å²) in [6, 6.07) is 10.0. The van der Waals surface area contributed by atoms with Crippen molar-refractivity contribution >= 4 is 27.8 Å². The van der Waals surface area contributed by atoms with Gasteiger partial charge in [-0.15, -0.1) is 0 Å². The Bertz CT molecular complexity index is 1190. The van der Waals surface area contributed by atoms with E-state index in [1.54, 1.807) is 26.7 Å². The minimum atomic E-state index is 0.659. The molecule has 4 aromatic rings. The van der Waals surface area contributed by atoms with Crippen LogP contribution < -0.4 is 14.4 Å². The highest BCUT2D eigenvalue weighted by atomic mass is 16.5. The molecule has 7 nitrogen and oxygen atoms in total. The van der Waals surface area contributed by atoms with Gasteiger partial charge in [0.15, 0.2) is 17.1 Å². The molecule has 1 aliphatic rings. The fourth-order valence-corrected chi connectivity index (χ4v) is 3.77. The fraction of sp³-hybridized carbons (Fsp3) is 0.238. The fourth-order valence-electron chi connectivity index (χ4n) is 3.77. The molecule has 4 heterocycles. The molecule has 5 rings (SSSR count). The molecular weight excluding hydrogens is 354 g/mol. The Morgan fingerprint density at radius 1 is 1.00 bits per heavy atom. The molecule has 0 radical (unpaired) electrons. The molecule has 0 fully saturated rings. The van der Waals surface area contributed by atoms with Crippen molar-refractivity contribution in [3.05, 3.63) is 54.1 Å². The molecule has 0 amide bonds. The lowest BCUT2D eigenvalue weighted by Crippen LogP contribution is -2.31. The Morgan fingerprint density at radius 3 is 2.71 bits per heavy atom. The molecule has 0 atom stereocenters. The van der Waals surface area contributed by atoms with Gasteiger partial charge in [-0.3, -0.25) is 0 Å². The number of nitrogens with zero attached hydrogens (tertiary/aromatic N) is 5. The maximum Gasteiger partial charge on any atom is 0.162 e. The predicted octanol–water partition coefficient (Wildman–Crippen LogP) is 3.15. The highest BCUT2D eigenvalue weighted by Crippen LogP contribution is 2.36. The number of anilines is 1. The zero-order chi connectivity index (χ0) is 19.1. The van der Waals surface area contributed by atoms with Crippen LogP contribution >= 0.6 is 0 Å². The predicted molar refractivity (Wildman–Crippen MR) is 107 cm³/mol. The van der Waals surface area contributed by atoms with Gasteiger partial charge in [0.05, 0.1) is 19.7 Å². The van der Waals surface area contributed by atoms with Crippen molar-refractivity contribution in [1.82, 2.24) is 19.9 Å². The maximum atomic E-state index is 5.48. The molecule has 0 aliphatic carbocycles. The first-order valence-electron chi connectivity index (χ1n) is 9.12. The van der Waals surface area contributed by atoms with Gasteiger partial charge < -0.3 is 14.4 Å². The lowest BCUT2D eigenvalue weighted by Gasteiger charge is -2.30. The average molecular weight is 373 g/mol. The molecule has 0 spiro atoms. The van der Waals surface area contributed by atoms with Crippen molar-refractivity contribution in [2.24, 2.45) is 0 Å². The maximum absolute atomic E-state index is 5.48. The summed E-state index contributed by atoms with van der Waals surface area (Å²) >= 11 is 0. The monoisotopic (exact) mass is 373 g/mol. The summed E-state index contributed by atoms with van der Waals surface area (Å²) in [7, 11) is 3.26. The van der Waals surface area contributed by atoms with Crippen molar-refractivity contribution < 1.29 is 9.47 Å². The summed E-state index contributed by atoms with van der Waals surface area (Å²) in [5, 5.41) is 2.00. The van der Waals surface area contributed by atoms with Gasteiger partial charge in [0.2, 0.25) is 0 Å². The van der Waals surface area contributed by atoms with Gasteiger partial charge >= 0.3 is 0 Å². The van der Waals surface area contributed by atoms with E-state index >= 15 is 0 Å². The Kier molecular flexibility index (Phi) is 3.93. The van der Waals surface area contributed by atoms with Gasteiger partial charge in [-0.1, -0.05) is 0 Å². The molecule has 0 saturated heterocycles. The number of benzene rings is 1. The van der Waals surface area contributed by atoms with Crippen LogP contribution in [-0.4, -0.2) is 40.7 Å². The van der Waals surface area contributed by atoms with Crippen molar-refractivity contribution in [3.63, 3.8) is 0 Å². The van der Waals surface area contributed by atoms with Gasteiger partial charge in [-0.05, 0) is 29.8 Å². The molecule has 1 aliphatic heterocycles. The summed E-state index contributed by atoms with van der Waals surface area (Å²) in [4.78, 5) is 20.4. The second-order valence-corrected chi connectivity index (χ2v) is 6.74. The van der Waals surface area contributed by atoms with Gasteiger partial charge in [-0.2, -0.15) is 0 Å². The summed E-state index contributed by atoms with van der Waals surface area (Å²) in [5.74, 6) is 2.22. The van der Waals surface area contributed by atoms with E-state index in [0.29, 0.717) is 11.5 Å². The van der Waals surface area contributed by atoms with Crippen molar-refractivity contribution in [3.8, 4) is 11.5 Å². The minimum absolute atomic E-state index is 0.659. The van der Waals surface area contributed by atoms with E-state index in [1.807, 2.05) is 24.3 Å². The molecule has 0 saturated carbocycles. The van der Waals surface area contributed by atoms with Crippen LogP contribution in [0.1, 0.15) is 11.3 Å². The summed E-state index contributed by atoms with van der Waals surface area (Å²) < 4.78 is 10.9. The number of hydrogen-bond donors (Lipinski definition) is 0. The number of pyridine rings is 2. The molecule has 0 N–H and O–H groups in total. The minimum Gasteiger partial charge on any atom is -0.493 e. The first kappa shape index (κ1) is 16.7. The second kappa shape index (κ2) is 6.60. The van der Waals surface area contributed by atoms with E-state index in [-0.39, 0.29) is 0 Å². The number of aromatic nitrogens is 4. The molecule has 3 aromatic heterocycles. The number of hydrogen-bond acceptors (Lipinski definition) is 7. The van der Waals surface area contributed by atoms with Crippen LogP contribution in [0.5, 0.6) is 11.5 Å². The zero-order valence-corrected chi connectivity index (χ0v) is 15.7. The summed E-state index contributed by atoms with van der Waals surface area (Å²) in [6.07, 6.45) is 4.23. The molecule has 28 heavy (non-hydrogen) atoms. The molecule has 0 unspecified atom stereocenters. The zero-order valence-electron chi connectivity index (χ0n) is 15.7. The van der Waals surface area contributed by atoms with Crippen molar-refractivity contribution in [1.29, 1.82) is 0 Å². The number of ether oxygens (including phenoxy) is 2. The van der Waals surface area contributed by atoms with E-state index in [2.05, 4.69) is 25.9 Å². The quantitative estimate of drug-likeness (QED) is 0.546. The SMILES string of the molecule is COc1cc2ncnc(N3CCc4nc5ncccc5cc4C3)c2cc1OC. The van der Waals surface area contributed by atoms with Gasteiger partial charge in [0.1, 0.15) is 12.1 Å². The molecule has 140 valence electrons. The smallest absolute Gasteiger partial charge is 0.162 e. The summed E-state index contributed by atoms with van der Waals surface area (Å²) in [5.41, 5.74) is 3.95. The first-order valence-corrected chi connectivity index (χ1v) is 9.12. The third-order valence-electron chi connectivity index (χ3n) is 5.16. The van der Waals surface area contributed by atoms with Crippen LogP contribution in [0.3, 0.4) is 0 Å². The topological polar surface area (TPSA) is 73.3 Å². The van der Waals surface area contributed by atoms with E-state index in [1.165, 1.54) is 5.56 Å². The Hall–Kier alpha value is -3.48. The molecule has 0 bridgehead atoms. The van der Waals surface area contributed by atoms with E-state index in [9.17, 15) is 0 Å². The summed E-state index contributed by atoms with van der Waals surface area (Å²) in [6.45, 7) is 1.58. The van der Waals surface area contributed by atoms with E-state index in [0.717, 1.165) is 53.0 Å². The van der Waals surface area contributed by atoms with Gasteiger partial charge in [-0.25, -0.2) is 19.9 Å². The number of rotatable bonds is 3. The van der Waals surface area contributed by atoms with E-state index in [4.69, 9.17) is 14.5 Å². The standard InChI is InChI=1S/C21H19N5O2/c1-27-18-9-15-17(10-19(18)28-2)23-12-24-21(15)26-7-5-16-14(11-26)8-13-4-3-6-22-20(13)25-16/h3-4,6,8-10,12H,5,7,11H2,1-2H3. The van der Waals surface area contributed by atoms with E-state index < -0.39 is 0 Å². The van der Waals surface area contributed by atoms with Crippen molar-refractivity contribution in [2.75, 3.05) is 25.7 Å². The van der Waals surface area contributed by atoms with Crippen molar-refractivity contribution in [2.45, 2.75) is 13.0 Å². The largest absolute Gasteiger partial charge is 0.493 e. The highest BCUT2D eigenvalue weighted by molar-refractivity contribution is 5.92. The number of fused-ring (bicyclic) bond motifs is 3. The Morgan fingerprint density at radius 2 is 1.86 bits per heavy atom. The van der Waals surface area contributed by atoms with Crippen LogP contribution in [0.4, 0.5) is 5.82 Å². The lowest BCUT2D eigenvalue weighted by molar-refractivity contribution is 0.356. The second-order valence-electron chi connectivity index (χ2n) is 6.74. The number of methoxy groups -OCH3 is 2. The van der Waals surface area contributed by atoms with Crippen LogP contribution in [0.15, 0.2) is 42.9 Å². The van der Waals surface area contributed by atoms with Crippen LogP contribution in [-0.2, 0) is 13.0 Å². The van der Waals surface area contributed by atoms with Crippen LogP contribution in [0.2, 0.25) is 0 Å². The third-order valence-corrected chi connectivity index (χ3v) is 5.16. The van der Waals surface area contributed by atoms with Crippen LogP contribution in [0, 0.1) is 0 Å². The molecular formula is C21H19N5O2. The van der Waals surface area contributed by atoms with Gasteiger partial charge in [0, 0.05) is 48.2 Å². The normalized spacial score (nSPS) is 13.6. The molecule has 7 heteroatoms. The first-order chi connectivity index (χ1) is 13.8. The Labute approximate surface area is 162 Å². The molecule has 1 aromatic carbocycles. The third kappa shape index (κ3) is 2.67. The lowest BCUT2D eigenvalue weighted by atomic mass is 10.0. The highest BCUT2D eigenvalue weighted by Gasteiger charge is 2.22.